The van der Waals surface area contributed by atoms with Crippen LogP contribution in [0.2, 0.25) is 0 Å². The normalized spacial score (nSPS) is 10.7. The molecule has 8 heteroatoms. The highest BCUT2D eigenvalue weighted by atomic mass is 16.5. The molecule has 3 aromatic rings. The average Bonchev–Trinajstić information content (AvgIpc) is 2.87. The molecule has 3 rings (SSSR count). The van der Waals surface area contributed by atoms with Crippen LogP contribution in [0.1, 0.15) is 70.9 Å². The smallest absolute Gasteiger partial charge is 0.328 e. The highest BCUT2D eigenvalue weighted by molar-refractivity contribution is 6.09. The fraction of sp³-hybridized carbons (Fsp3) is 0.310. The van der Waals surface area contributed by atoms with Crippen molar-refractivity contribution in [2.24, 2.45) is 0 Å². The average molecular weight is 502 g/mol. The zero-order chi connectivity index (χ0) is 27.1. The van der Waals surface area contributed by atoms with E-state index in [1.54, 1.807) is 39.2 Å². The lowest BCUT2D eigenvalue weighted by Gasteiger charge is -2.17. The van der Waals surface area contributed by atoms with Crippen molar-refractivity contribution in [2.45, 2.75) is 52.6 Å². The third-order valence-corrected chi connectivity index (χ3v) is 5.97. The van der Waals surface area contributed by atoms with Crippen LogP contribution in [0.4, 0.5) is 0 Å². The molecule has 1 amide bonds. The SMILES string of the molecule is C#Cc1cc(C)cc(C(=O)c2c(C(C)C)c(=O)[nH]c(=O)n2CCCC(=O)NCc2ccc(OC)cc2)c1. The Kier molecular flexibility index (Phi) is 8.86. The van der Waals surface area contributed by atoms with E-state index >= 15 is 0 Å². The maximum absolute atomic E-state index is 13.7. The number of rotatable bonds is 10. The van der Waals surface area contributed by atoms with Crippen molar-refractivity contribution >= 4 is 11.7 Å². The fourth-order valence-corrected chi connectivity index (χ4v) is 4.14. The molecule has 1 heterocycles. The molecule has 0 saturated heterocycles. The van der Waals surface area contributed by atoms with E-state index in [0.717, 1.165) is 16.9 Å². The Bertz CT molecular complexity index is 1460. The number of H-pyrrole nitrogens is 1. The third kappa shape index (κ3) is 6.64. The van der Waals surface area contributed by atoms with E-state index in [2.05, 4.69) is 16.2 Å². The van der Waals surface area contributed by atoms with Gasteiger partial charge in [0.1, 0.15) is 11.4 Å². The van der Waals surface area contributed by atoms with Crippen molar-refractivity contribution in [1.82, 2.24) is 14.9 Å². The van der Waals surface area contributed by atoms with E-state index in [-0.39, 0.29) is 36.0 Å². The summed E-state index contributed by atoms with van der Waals surface area (Å²) in [4.78, 5) is 53.9. The number of aromatic amines is 1. The molecule has 0 radical (unpaired) electrons. The predicted octanol–water partition coefficient (Wildman–Crippen LogP) is 3.29. The van der Waals surface area contributed by atoms with Crippen LogP contribution in [-0.4, -0.2) is 28.4 Å². The van der Waals surface area contributed by atoms with Crippen LogP contribution in [0.3, 0.4) is 0 Å². The van der Waals surface area contributed by atoms with Crippen molar-refractivity contribution in [3.05, 3.63) is 96.8 Å². The fourth-order valence-electron chi connectivity index (χ4n) is 4.14. The number of carbonyl (C=O) groups is 2. The number of aromatic nitrogens is 2. The summed E-state index contributed by atoms with van der Waals surface area (Å²) in [5.41, 5.74) is 1.49. The molecule has 37 heavy (non-hydrogen) atoms. The third-order valence-electron chi connectivity index (χ3n) is 5.97. The molecule has 0 aliphatic rings. The summed E-state index contributed by atoms with van der Waals surface area (Å²) in [6.45, 7) is 5.82. The van der Waals surface area contributed by atoms with E-state index in [0.29, 0.717) is 24.1 Å². The second-order valence-electron chi connectivity index (χ2n) is 9.12. The summed E-state index contributed by atoms with van der Waals surface area (Å²) in [7, 11) is 1.59. The molecule has 2 aromatic carbocycles. The second-order valence-corrected chi connectivity index (χ2v) is 9.12. The van der Waals surface area contributed by atoms with Gasteiger partial charge in [0.25, 0.3) is 5.56 Å². The van der Waals surface area contributed by atoms with Gasteiger partial charge in [0.05, 0.1) is 7.11 Å². The number of terminal acetylenes is 1. The van der Waals surface area contributed by atoms with Gasteiger partial charge in [-0.15, -0.1) is 6.42 Å². The van der Waals surface area contributed by atoms with E-state index in [9.17, 15) is 19.2 Å². The van der Waals surface area contributed by atoms with E-state index < -0.39 is 17.0 Å². The topological polar surface area (TPSA) is 110 Å². The van der Waals surface area contributed by atoms with Gasteiger partial charge in [-0.25, -0.2) is 4.79 Å². The number of amides is 1. The summed E-state index contributed by atoms with van der Waals surface area (Å²) in [6.07, 6.45) is 5.97. The highest BCUT2D eigenvalue weighted by Gasteiger charge is 2.25. The molecule has 0 saturated carbocycles. The van der Waals surface area contributed by atoms with E-state index in [4.69, 9.17) is 11.2 Å². The van der Waals surface area contributed by atoms with Gasteiger partial charge in [-0.2, -0.15) is 0 Å². The molecule has 0 aliphatic carbocycles. The van der Waals surface area contributed by atoms with Crippen molar-refractivity contribution < 1.29 is 14.3 Å². The maximum atomic E-state index is 13.7. The summed E-state index contributed by atoms with van der Waals surface area (Å²) >= 11 is 0. The molecule has 192 valence electrons. The quantitative estimate of drug-likeness (QED) is 0.327. The number of carbonyl (C=O) groups excluding carboxylic acids is 2. The number of hydrogen-bond acceptors (Lipinski definition) is 5. The summed E-state index contributed by atoms with van der Waals surface area (Å²) in [5.74, 6) is 2.28. The van der Waals surface area contributed by atoms with Crippen molar-refractivity contribution in [3.63, 3.8) is 0 Å². The van der Waals surface area contributed by atoms with Gasteiger partial charge in [-0.05, 0) is 60.7 Å². The Hall–Kier alpha value is -4.38. The van der Waals surface area contributed by atoms with E-state index in [1.807, 2.05) is 31.2 Å². The number of benzene rings is 2. The Morgan fingerprint density at radius 2 is 1.84 bits per heavy atom. The van der Waals surface area contributed by atoms with Crippen molar-refractivity contribution in [1.29, 1.82) is 0 Å². The first-order valence-electron chi connectivity index (χ1n) is 12.0. The van der Waals surface area contributed by atoms with Crippen LogP contribution in [0.25, 0.3) is 0 Å². The highest BCUT2D eigenvalue weighted by Crippen LogP contribution is 2.20. The molecular weight excluding hydrogens is 470 g/mol. The maximum Gasteiger partial charge on any atom is 0.328 e. The van der Waals surface area contributed by atoms with Crippen molar-refractivity contribution in [2.75, 3.05) is 7.11 Å². The van der Waals surface area contributed by atoms with Gasteiger partial charge in [-0.1, -0.05) is 31.9 Å². The summed E-state index contributed by atoms with van der Waals surface area (Å²) in [6, 6.07) is 12.4. The lowest BCUT2D eigenvalue weighted by Crippen LogP contribution is -2.38. The standard InChI is InChI=1S/C29H31N3O5/c1-6-20-14-19(4)15-22(16-20)27(34)26-25(18(2)3)28(35)31-29(36)32(26)13-7-8-24(33)30-17-21-9-11-23(37-5)12-10-21/h1,9-12,14-16,18H,7-8,13,17H2,2-5H3,(H,30,33)(H,31,35,36). The molecule has 2 N–H and O–H groups in total. The molecule has 8 nitrogen and oxygen atoms in total. The van der Waals surface area contributed by atoms with Gasteiger partial charge < -0.3 is 10.1 Å². The Morgan fingerprint density at radius 1 is 1.14 bits per heavy atom. The zero-order valence-electron chi connectivity index (χ0n) is 21.5. The lowest BCUT2D eigenvalue weighted by atomic mass is 9.95. The molecule has 0 aliphatic heterocycles. The van der Waals surface area contributed by atoms with Crippen LogP contribution in [0.5, 0.6) is 5.75 Å². The largest absolute Gasteiger partial charge is 0.497 e. The minimum absolute atomic E-state index is 0.0240. The number of ketones is 1. The number of hydrogen-bond donors (Lipinski definition) is 2. The van der Waals surface area contributed by atoms with Crippen LogP contribution in [0, 0.1) is 19.3 Å². The summed E-state index contributed by atoms with van der Waals surface area (Å²) in [5, 5.41) is 2.85. The molecule has 0 fully saturated rings. The minimum Gasteiger partial charge on any atom is -0.497 e. The van der Waals surface area contributed by atoms with Crippen molar-refractivity contribution in [3.8, 4) is 18.1 Å². The molecule has 1 aromatic heterocycles. The van der Waals surface area contributed by atoms with Crippen LogP contribution in [-0.2, 0) is 17.9 Å². The monoisotopic (exact) mass is 501 g/mol. The van der Waals surface area contributed by atoms with Gasteiger partial charge in [0, 0.05) is 36.2 Å². The molecule has 0 bridgehead atoms. The second kappa shape index (κ2) is 12.0. The lowest BCUT2D eigenvalue weighted by molar-refractivity contribution is -0.121. The zero-order valence-corrected chi connectivity index (χ0v) is 21.5. The van der Waals surface area contributed by atoms with Crippen LogP contribution >= 0.6 is 0 Å². The van der Waals surface area contributed by atoms with E-state index in [1.165, 1.54) is 4.57 Å². The first-order chi connectivity index (χ1) is 17.6. The molecular formula is C29H31N3O5. The number of aryl methyl sites for hydroxylation is 1. The van der Waals surface area contributed by atoms with Gasteiger partial charge in [0.2, 0.25) is 11.7 Å². The molecule has 0 unspecified atom stereocenters. The Labute approximate surface area is 215 Å². The number of nitrogens with one attached hydrogen (secondary N) is 2. The molecule has 0 spiro atoms. The summed E-state index contributed by atoms with van der Waals surface area (Å²) < 4.78 is 6.39. The number of nitrogens with zero attached hydrogens (tertiary/aromatic N) is 1. The van der Waals surface area contributed by atoms with Crippen LogP contribution in [0.15, 0.2) is 52.1 Å². The first-order valence-corrected chi connectivity index (χ1v) is 12.0. The number of methoxy groups -OCH3 is 1. The predicted molar refractivity (Wildman–Crippen MR) is 142 cm³/mol. The number of ether oxygens (including phenoxy) is 1. The van der Waals surface area contributed by atoms with Gasteiger partial charge >= 0.3 is 5.69 Å². The first kappa shape index (κ1) is 27.2. The molecule has 0 atom stereocenters. The minimum atomic E-state index is -0.693. The van der Waals surface area contributed by atoms with Crippen LogP contribution < -0.4 is 21.3 Å². The van der Waals surface area contributed by atoms with Gasteiger partial charge in [0.15, 0.2) is 0 Å². The van der Waals surface area contributed by atoms with Gasteiger partial charge in [-0.3, -0.25) is 23.9 Å². The Balaban J connectivity index is 1.83. The Morgan fingerprint density at radius 3 is 2.46 bits per heavy atom.